The molecular weight excluding hydrogens is 718 g/mol. The summed E-state index contributed by atoms with van der Waals surface area (Å²) >= 11 is 0. The van der Waals surface area contributed by atoms with Crippen LogP contribution in [0, 0.1) is 6.92 Å². The second kappa shape index (κ2) is 17.6. The van der Waals surface area contributed by atoms with Crippen molar-refractivity contribution in [2.45, 2.75) is 68.4 Å². The Morgan fingerprint density at radius 2 is 1.47 bits per heavy atom. The summed E-state index contributed by atoms with van der Waals surface area (Å²) in [4.78, 5) is 44.3. The van der Waals surface area contributed by atoms with Crippen LogP contribution in [0.1, 0.15) is 47.4 Å². The summed E-state index contributed by atoms with van der Waals surface area (Å²) in [5, 5.41) is 26.5. The summed E-state index contributed by atoms with van der Waals surface area (Å²) in [6.45, 7) is 2.31. The summed E-state index contributed by atoms with van der Waals surface area (Å²) in [5.74, 6) is -5.24. The molecule has 10 N–H and O–H groups in total. The van der Waals surface area contributed by atoms with Crippen molar-refractivity contribution in [2.75, 3.05) is 11.9 Å². The van der Waals surface area contributed by atoms with Crippen LogP contribution in [0.15, 0.2) is 52.4 Å². The highest BCUT2D eigenvalue weighted by atomic mass is 32.2. The molecule has 1 aliphatic carbocycles. The van der Waals surface area contributed by atoms with Gasteiger partial charge in [-0.2, -0.15) is 26.3 Å². The smallest absolute Gasteiger partial charge is 0.475 e. The fourth-order valence-corrected chi connectivity index (χ4v) is 5.02. The predicted octanol–water partition coefficient (Wildman–Crippen LogP) is 2.82. The fourth-order valence-electron chi connectivity index (χ4n) is 4.50. The minimum Gasteiger partial charge on any atom is -0.475 e. The van der Waals surface area contributed by atoms with Crippen molar-refractivity contribution in [3.63, 3.8) is 0 Å². The number of nitrogens with zero attached hydrogens (tertiary/aromatic N) is 3. The van der Waals surface area contributed by atoms with Gasteiger partial charge in [-0.1, -0.05) is 36.6 Å². The van der Waals surface area contributed by atoms with Crippen molar-refractivity contribution in [3.05, 3.63) is 59.4 Å². The van der Waals surface area contributed by atoms with E-state index in [1.807, 2.05) is 25.1 Å². The van der Waals surface area contributed by atoms with Crippen LogP contribution >= 0.6 is 0 Å². The number of carbonyl (C=O) groups is 3. The molecule has 0 bridgehead atoms. The van der Waals surface area contributed by atoms with Crippen LogP contribution in [0.25, 0.3) is 10.9 Å². The molecule has 2 atom stereocenters. The summed E-state index contributed by atoms with van der Waals surface area (Å²) in [7, 11) is -3.75. The number of benzene rings is 2. The van der Waals surface area contributed by atoms with Gasteiger partial charge in [0, 0.05) is 11.9 Å². The number of fused-ring (bicyclic) bond motifs is 1. The van der Waals surface area contributed by atoms with Crippen LogP contribution in [-0.2, 0) is 26.0 Å². The molecular formula is C29H34F6N8O7S. The van der Waals surface area contributed by atoms with E-state index in [0.29, 0.717) is 24.3 Å². The maximum absolute atomic E-state index is 13.0. The molecule has 4 rings (SSSR count). The fraction of sp³-hybridized carbons (Fsp3) is 0.379. The summed E-state index contributed by atoms with van der Waals surface area (Å²) in [6.07, 6.45) is -5.84. The quantitative estimate of drug-likeness (QED) is 0.0995. The molecule has 1 aliphatic rings. The second-order valence-electron chi connectivity index (χ2n) is 10.9. The molecule has 1 aromatic heterocycles. The first-order valence-corrected chi connectivity index (χ1v) is 16.2. The topological polar surface area (TPSA) is 266 Å². The lowest BCUT2D eigenvalue weighted by Crippen LogP contribution is -2.38. The average molecular weight is 753 g/mol. The van der Waals surface area contributed by atoms with Crippen LogP contribution in [0.4, 0.5) is 32.2 Å². The number of hydrogen-bond donors (Lipinski definition) is 7. The van der Waals surface area contributed by atoms with Gasteiger partial charge in [0.25, 0.3) is 5.91 Å². The Labute approximate surface area is 286 Å². The molecule has 2 aromatic carbocycles. The van der Waals surface area contributed by atoms with Crippen LogP contribution in [0.3, 0.4) is 0 Å². The van der Waals surface area contributed by atoms with Crippen LogP contribution in [0.5, 0.6) is 0 Å². The number of guanidine groups is 1. The maximum atomic E-state index is 13.0. The number of sulfonamides is 1. The van der Waals surface area contributed by atoms with E-state index in [9.17, 15) is 39.6 Å². The standard InChI is InChI=1S/C25H32N8O3S.2C2HF3O2/c1-15-6-11-19-18(14-15)22(31-20-4-2-3-5-21(20)32-25(26)27)33-23(30-19)24(34)29-13-12-16-7-9-17(10-8-16)37(28,35)36;2*3-2(4,5)1(6)7/h6-11,14,20-21H,2-5,12-13H2,1H3,(H,29,34)(H4,26,27,32)(H2,28,35,36)(H,30,31,33);2*(H,6,7). The number of aryl methyl sites for hydroxylation is 1. The number of nitrogens with two attached hydrogens (primary N) is 3. The number of carboxylic acids is 2. The molecule has 0 saturated heterocycles. The van der Waals surface area contributed by atoms with Gasteiger partial charge in [0.15, 0.2) is 5.96 Å². The SMILES string of the molecule is Cc1ccc2nc(C(=O)NCCc3ccc(S(N)(=O)=O)cc3)nc(NC3CCCCC3N=C(N)N)c2c1.O=C(O)C(F)(F)F.O=C(O)C(F)(F)F. The Kier molecular flexibility index (Phi) is 14.5. The van der Waals surface area contributed by atoms with Gasteiger partial charge in [0.1, 0.15) is 5.82 Å². The van der Waals surface area contributed by atoms with E-state index >= 15 is 0 Å². The predicted molar refractivity (Wildman–Crippen MR) is 171 cm³/mol. The highest BCUT2D eigenvalue weighted by molar-refractivity contribution is 7.89. The zero-order chi connectivity index (χ0) is 38.7. The van der Waals surface area contributed by atoms with E-state index in [-0.39, 0.29) is 28.8 Å². The Balaban J connectivity index is 0.000000543. The van der Waals surface area contributed by atoms with Crippen molar-refractivity contribution in [1.29, 1.82) is 0 Å². The van der Waals surface area contributed by atoms with Gasteiger partial charge in [-0.05, 0) is 56.0 Å². The molecule has 0 radical (unpaired) electrons. The first-order chi connectivity index (χ1) is 23.5. The summed E-state index contributed by atoms with van der Waals surface area (Å²) in [6, 6.07) is 11.9. The van der Waals surface area contributed by atoms with Gasteiger partial charge in [0.2, 0.25) is 15.8 Å². The van der Waals surface area contributed by atoms with E-state index in [1.165, 1.54) is 12.1 Å². The molecule has 51 heavy (non-hydrogen) atoms. The first kappa shape index (κ1) is 41.9. The molecule has 0 aliphatic heterocycles. The number of halogens is 6. The van der Waals surface area contributed by atoms with Gasteiger partial charge < -0.3 is 32.3 Å². The van der Waals surface area contributed by atoms with Crippen molar-refractivity contribution < 1.29 is 59.4 Å². The van der Waals surface area contributed by atoms with E-state index in [2.05, 4.69) is 25.6 Å². The number of anilines is 1. The van der Waals surface area contributed by atoms with Crippen LogP contribution in [0.2, 0.25) is 0 Å². The van der Waals surface area contributed by atoms with Gasteiger partial charge >= 0.3 is 24.3 Å². The molecule has 0 spiro atoms. The van der Waals surface area contributed by atoms with E-state index in [0.717, 1.165) is 42.2 Å². The van der Waals surface area contributed by atoms with Crippen molar-refractivity contribution in [3.8, 4) is 0 Å². The molecule has 2 unspecified atom stereocenters. The third-order valence-corrected chi connectivity index (χ3v) is 7.79. The van der Waals surface area contributed by atoms with Crippen LogP contribution < -0.4 is 27.2 Å². The monoisotopic (exact) mass is 752 g/mol. The number of aliphatic carboxylic acids is 2. The molecule has 1 amide bonds. The third-order valence-electron chi connectivity index (χ3n) is 6.86. The number of aromatic nitrogens is 2. The molecule has 1 fully saturated rings. The molecule has 15 nitrogen and oxygen atoms in total. The Morgan fingerprint density at radius 3 is 1.98 bits per heavy atom. The lowest BCUT2D eigenvalue weighted by molar-refractivity contribution is -0.193. The molecule has 1 heterocycles. The number of alkyl halides is 6. The average Bonchev–Trinajstić information content (AvgIpc) is 3.01. The van der Waals surface area contributed by atoms with E-state index in [1.54, 1.807) is 12.1 Å². The molecule has 1 saturated carbocycles. The number of hydrogen-bond acceptors (Lipinski definition) is 9. The minimum atomic E-state index is -5.08. The maximum Gasteiger partial charge on any atom is 0.490 e. The number of aliphatic imine (C=N–C) groups is 1. The molecule has 280 valence electrons. The van der Waals surface area contributed by atoms with Crippen molar-refractivity contribution >= 4 is 50.5 Å². The first-order valence-electron chi connectivity index (χ1n) is 14.6. The highest BCUT2D eigenvalue weighted by Crippen LogP contribution is 2.28. The van der Waals surface area contributed by atoms with Gasteiger partial charge in [-0.3, -0.25) is 4.79 Å². The molecule has 3 aromatic rings. The zero-order valence-corrected chi connectivity index (χ0v) is 27.4. The van der Waals surface area contributed by atoms with Gasteiger partial charge in [-0.15, -0.1) is 0 Å². The lowest BCUT2D eigenvalue weighted by Gasteiger charge is -2.30. The molecule has 22 heteroatoms. The lowest BCUT2D eigenvalue weighted by atomic mass is 9.90. The van der Waals surface area contributed by atoms with Gasteiger partial charge in [0.05, 0.1) is 22.5 Å². The summed E-state index contributed by atoms with van der Waals surface area (Å²) < 4.78 is 86.3. The Hall–Kier alpha value is -5.25. The van der Waals surface area contributed by atoms with E-state index in [4.69, 9.17) is 36.4 Å². The second-order valence-corrected chi connectivity index (χ2v) is 12.4. The number of carbonyl (C=O) groups excluding carboxylic acids is 1. The number of primary sulfonamides is 1. The largest absolute Gasteiger partial charge is 0.490 e. The van der Waals surface area contributed by atoms with Crippen molar-refractivity contribution in [2.24, 2.45) is 21.6 Å². The van der Waals surface area contributed by atoms with Crippen molar-refractivity contribution in [1.82, 2.24) is 15.3 Å². The summed E-state index contributed by atoms with van der Waals surface area (Å²) in [5.41, 5.74) is 13.9. The Morgan fingerprint density at radius 1 is 0.922 bits per heavy atom. The number of amides is 1. The Bertz CT molecular complexity index is 1810. The highest BCUT2D eigenvalue weighted by Gasteiger charge is 2.39. The number of rotatable bonds is 8. The van der Waals surface area contributed by atoms with Gasteiger partial charge in [-0.25, -0.2) is 38.1 Å². The zero-order valence-electron chi connectivity index (χ0n) is 26.6. The van der Waals surface area contributed by atoms with E-state index < -0.39 is 40.2 Å². The minimum absolute atomic E-state index is 0.0225. The normalized spacial score (nSPS) is 16.0. The third kappa shape index (κ3) is 13.9. The number of nitrogens with one attached hydrogen (secondary N) is 2. The number of carboxylic acid groups (broad SMARTS) is 2. The van der Waals surface area contributed by atoms with Crippen LogP contribution in [-0.4, -0.2) is 83.4 Å².